The number of nitrogens with zero attached hydrogens (tertiary/aromatic N) is 1. The molecular formula is C33H39Cl2N3O3. The maximum absolute atomic E-state index is 12.4. The molecule has 41 heavy (non-hydrogen) atoms. The highest BCUT2D eigenvalue weighted by Crippen LogP contribution is 2.34. The molecule has 0 radical (unpaired) electrons. The zero-order valence-corrected chi connectivity index (χ0v) is 25.0. The number of aryl methyl sites for hydroxylation is 1. The van der Waals surface area contributed by atoms with Crippen molar-refractivity contribution >= 4 is 57.5 Å². The Bertz CT molecular complexity index is 1540. The van der Waals surface area contributed by atoms with Crippen LogP contribution in [0.5, 0.6) is 0 Å². The molecule has 6 nitrogen and oxygen atoms in total. The number of anilines is 1. The van der Waals surface area contributed by atoms with E-state index in [-0.39, 0.29) is 29.5 Å². The van der Waals surface area contributed by atoms with Crippen molar-refractivity contribution in [3.05, 3.63) is 80.8 Å². The van der Waals surface area contributed by atoms with E-state index in [4.69, 9.17) is 21.0 Å². The minimum Gasteiger partial charge on any atom is -0.451 e. The number of aromatic nitrogens is 1. The van der Waals surface area contributed by atoms with Crippen LogP contribution < -0.4 is 16.1 Å². The summed E-state index contributed by atoms with van der Waals surface area (Å²) in [6.45, 7) is 1.56. The molecule has 0 spiro atoms. The van der Waals surface area contributed by atoms with Gasteiger partial charge >= 0.3 is 0 Å². The van der Waals surface area contributed by atoms with Gasteiger partial charge in [0, 0.05) is 40.9 Å². The number of unbranched alkanes of at least 4 members (excludes halogenated alkanes) is 7. The van der Waals surface area contributed by atoms with E-state index in [9.17, 15) is 9.59 Å². The molecule has 8 heteroatoms. The molecule has 2 heterocycles. The summed E-state index contributed by atoms with van der Waals surface area (Å²) in [5.41, 5.74) is 5.15. The summed E-state index contributed by atoms with van der Waals surface area (Å²) in [5, 5.41) is 9.03. The van der Waals surface area contributed by atoms with Gasteiger partial charge in [-0.1, -0.05) is 62.3 Å². The van der Waals surface area contributed by atoms with Gasteiger partial charge in [-0.05, 0) is 74.4 Å². The molecule has 0 aliphatic heterocycles. The van der Waals surface area contributed by atoms with E-state index in [0.29, 0.717) is 17.5 Å². The first-order chi connectivity index (χ1) is 19.6. The van der Waals surface area contributed by atoms with Crippen LogP contribution in [-0.4, -0.2) is 24.0 Å². The van der Waals surface area contributed by atoms with Gasteiger partial charge < -0.3 is 15.1 Å². The standard InChI is InChI=1S/C33H38ClN3O3.ClH/c34-23-17-18-25-28(21-23)37-27-15-9-7-13-24(27)32(25)35-19-11-5-3-1-2-4-6-12-20-36-33(39)31-22-29(38)26-14-8-10-16-30(26)40-31;/h8,10,14,16-18,21-22H,1-7,9,11-13,15,19-20H2,(H,35,37)(H,36,39);1H. The second-order valence-electron chi connectivity index (χ2n) is 10.8. The molecule has 2 aromatic carbocycles. The number of para-hydroxylation sites is 1. The molecule has 0 saturated heterocycles. The lowest BCUT2D eigenvalue weighted by Crippen LogP contribution is -2.25. The van der Waals surface area contributed by atoms with Gasteiger partial charge in [-0.3, -0.25) is 14.6 Å². The largest absolute Gasteiger partial charge is 0.451 e. The normalized spacial score (nSPS) is 12.6. The molecule has 2 N–H and O–H groups in total. The van der Waals surface area contributed by atoms with Crippen LogP contribution in [0.3, 0.4) is 0 Å². The SMILES string of the molecule is Cl.O=C(NCCCCCCCCCCNc1c2c(nc3cc(Cl)ccc13)CCCC2)c1cc(=O)c2ccccc2o1. The van der Waals surface area contributed by atoms with E-state index in [0.717, 1.165) is 55.6 Å². The molecule has 5 rings (SSSR count). The summed E-state index contributed by atoms with van der Waals surface area (Å²) in [6.07, 6.45) is 13.8. The number of hydrogen-bond donors (Lipinski definition) is 2. The molecule has 1 aliphatic carbocycles. The Labute approximate surface area is 252 Å². The third-order valence-electron chi connectivity index (χ3n) is 7.77. The van der Waals surface area contributed by atoms with Crippen LogP contribution in [0.1, 0.15) is 86.0 Å². The van der Waals surface area contributed by atoms with Crippen LogP contribution in [0.2, 0.25) is 5.02 Å². The van der Waals surface area contributed by atoms with Gasteiger partial charge in [0.1, 0.15) is 5.58 Å². The Morgan fingerprint density at radius 2 is 1.56 bits per heavy atom. The highest BCUT2D eigenvalue weighted by molar-refractivity contribution is 6.31. The van der Waals surface area contributed by atoms with Crippen LogP contribution in [0.25, 0.3) is 21.9 Å². The maximum atomic E-state index is 12.4. The number of benzene rings is 2. The van der Waals surface area contributed by atoms with Crippen LogP contribution in [0.15, 0.2) is 57.7 Å². The molecule has 4 aromatic rings. The van der Waals surface area contributed by atoms with Crippen LogP contribution in [0.4, 0.5) is 5.69 Å². The molecule has 0 fully saturated rings. The fourth-order valence-corrected chi connectivity index (χ4v) is 5.80. The number of fused-ring (bicyclic) bond motifs is 3. The first-order valence-electron chi connectivity index (χ1n) is 14.8. The molecule has 2 aromatic heterocycles. The fraction of sp³-hybridized carbons (Fsp3) is 0.424. The monoisotopic (exact) mass is 595 g/mol. The molecule has 0 saturated carbocycles. The predicted molar refractivity (Wildman–Crippen MR) is 171 cm³/mol. The van der Waals surface area contributed by atoms with E-state index in [1.165, 1.54) is 66.9 Å². The summed E-state index contributed by atoms with van der Waals surface area (Å²) < 4.78 is 5.60. The van der Waals surface area contributed by atoms with Crippen molar-refractivity contribution in [2.45, 2.75) is 77.0 Å². The van der Waals surface area contributed by atoms with Crippen molar-refractivity contribution < 1.29 is 9.21 Å². The molecular weight excluding hydrogens is 557 g/mol. The van der Waals surface area contributed by atoms with Gasteiger partial charge in [-0.15, -0.1) is 12.4 Å². The zero-order valence-electron chi connectivity index (χ0n) is 23.5. The number of amides is 1. The fourth-order valence-electron chi connectivity index (χ4n) is 5.63. The van der Waals surface area contributed by atoms with Gasteiger partial charge in [0.15, 0.2) is 11.2 Å². The van der Waals surface area contributed by atoms with E-state index >= 15 is 0 Å². The summed E-state index contributed by atoms with van der Waals surface area (Å²) in [5.74, 6) is -0.264. The summed E-state index contributed by atoms with van der Waals surface area (Å²) in [6, 6.07) is 14.3. The lowest BCUT2D eigenvalue weighted by atomic mass is 9.92. The van der Waals surface area contributed by atoms with Crippen molar-refractivity contribution in [3.8, 4) is 0 Å². The average molecular weight is 597 g/mol. The van der Waals surface area contributed by atoms with Crippen LogP contribution in [-0.2, 0) is 12.8 Å². The van der Waals surface area contributed by atoms with E-state index in [1.807, 2.05) is 12.1 Å². The Kier molecular flexibility index (Phi) is 11.5. The zero-order chi connectivity index (χ0) is 27.7. The highest BCUT2D eigenvalue weighted by atomic mass is 35.5. The van der Waals surface area contributed by atoms with E-state index < -0.39 is 0 Å². The molecule has 0 atom stereocenters. The first-order valence-corrected chi connectivity index (χ1v) is 15.1. The number of nitrogens with one attached hydrogen (secondary N) is 2. The van der Waals surface area contributed by atoms with Gasteiger partial charge in [0.2, 0.25) is 0 Å². The Morgan fingerprint density at radius 1 is 0.854 bits per heavy atom. The topological polar surface area (TPSA) is 84.2 Å². The van der Waals surface area contributed by atoms with Crippen molar-refractivity contribution in [1.82, 2.24) is 10.3 Å². The summed E-state index contributed by atoms with van der Waals surface area (Å²) in [4.78, 5) is 29.5. The lowest BCUT2D eigenvalue weighted by molar-refractivity contribution is 0.0925. The molecule has 1 aliphatic rings. The number of pyridine rings is 1. The third-order valence-corrected chi connectivity index (χ3v) is 8.01. The Balaban J connectivity index is 0.00000387. The van der Waals surface area contributed by atoms with Gasteiger partial charge in [0.05, 0.1) is 10.9 Å². The minimum absolute atomic E-state index is 0. The average Bonchev–Trinajstić information content (AvgIpc) is 2.97. The van der Waals surface area contributed by atoms with E-state index in [1.54, 1.807) is 24.3 Å². The van der Waals surface area contributed by atoms with Gasteiger partial charge in [0.25, 0.3) is 5.91 Å². The number of carbonyl (C=O) groups excluding carboxylic acids is 1. The third kappa shape index (κ3) is 8.02. The number of hydrogen-bond acceptors (Lipinski definition) is 5. The molecule has 0 unspecified atom stereocenters. The molecule has 218 valence electrons. The highest BCUT2D eigenvalue weighted by Gasteiger charge is 2.18. The van der Waals surface area contributed by atoms with Crippen LogP contribution in [0, 0.1) is 0 Å². The predicted octanol–water partition coefficient (Wildman–Crippen LogP) is 8.26. The lowest BCUT2D eigenvalue weighted by Gasteiger charge is -2.22. The maximum Gasteiger partial charge on any atom is 0.287 e. The van der Waals surface area contributed by atoms with Crippen LogP contribution >= 0.6 is 24.0 Å². The summed E-state index contributed by atoms with van der Waals surface area (Å²) in [7, 11) is 0. The van der Waals surface area contributed by atoms with Crippen molar-refractivity contribution in [2.75, 3.05) is 18.4 Å². The number of halogens is 2. The second-order valence-corrected chi connectivity index (χ2v) is 11.2. The molecule has 1 amide bonds. The van der Waals surface area contributed by atoms with Gasteiger partial charge in [-0.2, -0.15) is 0 Å². The minimum atomic E-state index is -0.333. The molecule has 0 bridgehead atoms. The number of rotatable bonds is 13. The smallest absolute Gasteiger partial charge is 0.287 e. The van der Waals surface area contributed by atoms with Crippen molar-refractivity contribution in [2.24, 2.45) is 0 Å². The second kappa shape index (κ2) is 15.2. The van der Waals surface area contributed by atoms with Crippen molar-refractivity contribution in [3.63, 3.8) is 0 Å². The van der Waals surface area contributed by atoms with Crippen molar-refractivity contribution in [1.29, 1.82) is 0 Å². The quantitative estimate of drug-likeness (QED) is 0.152. The number of carbonyl (C=O) groups is 1. The van der Waals surface area contributed by atoms with E-state index in [2.05, 4.69) is 16.7 Å². The van der Waals surface area contributed by atoms with Gasteiger partial charge in [-0.25, -0.2) is 0 Å². The summed E-state index contributed by atoms with van der Waals surface area (Å²) >= 11 is 6.24. The first kappa shape index (κ1) is 30.9. The Morgan fingerprint density at radius 3 is 2.37 bits per heavy atom. The Hall–Kier alpha value is -3.09.